The van der Waals surface area contributed by atoms with Crippen LogP contribution >= 0.6 is 0 Å². The second-order valence-electron chi connectivity index (χ2n) is 5.09. The summed E-state index contributed by atoms with van der Waals surface area (Å²) in [5.74, 6) is 0.800. The number of hydrogen-bond donors (Lipinski definition) is 3. The number of amides is 1. The van der Waals surface area contributed by atoms with Gasteiger partial charge in [0.25, 0.3) is 5.91 Å². The standard InChI is InChI=1S/C17H17N3O4/c1-3-24-15-8-10(4-7-14(15)23-2)16(21)18-11-5-6-12-13(9-11)20-17(22)19-12/h4-9H,3H2,1-2H3,(H,18,21)(H2,19,20,22). The fourth-order valence-corrected chi connectivity index (χ4v) is 2.40. The Bertz CT molecular complexity index is 942. The molecule has 1 heterocycles. The van der Waals surface area contributed by atoms with Crippen molar-refractivity contribution in [3.8, 4) is 11.5 Å². The molecule has 0 atom stereocenters. The Kier molecular flexibility index (Phi) is 4.24. The predicted octanol–water partition coefficient (Wildman–Crippen LogP) is 2.52. The molecule has 2 aromatic carbocycles. The van der Waals surface area contributed by atoms with Crippen LogP contribution in [0.4, 0.5) is 5.69 Å². The summed E-state index contributed by atoms with van der Waals surface area (Å²) in [6, 6.07) is 10.1. The van der Waals surface area contributed by atoms with Crippen LogP contribution in [0.2, 0.25) is 0 Å². The van der Waals surface area contributed by atoms with Gasteiger partial charge in [0.05, 0.1) is 24.8 Å². The van der Waals surface area contributed by atoms with Crippen molar-refractivity contribution in [3.63, 3.8) is 0 Å². The van der Waals surface area contributed by atoms with Gasteiger partial charge < -0.3 is 24.8 Å². The number of aromatic amines is 2. The number of hydrogen-bond acceptors (Lipinski definition) is 4. The van der Waals surface area contributed by atoms with Crippen LogP contribution in [0, 0.1) is 0 Å². The number of methoxy groups -OCH3 is 1. The number of aromatic nitrogens is 2. The van der Waals surface area contributed by atoms with Gasteiger partial charge in [0.15, 0.2) is 11.5 Å². The van der Waals surface area contributed by atoms with Crippen molar-refractivity contribution in [1.82, 2.24) is 9.97 Å². The third-order valence-corrected chi connectivity index (χ3v) is 3.50. The van der Waals surface area contributed by atoms with Crippen molar-refractivity contribution < 1.29 is 14.3 Å². The molecule has 1 aromatic heterocycles. The zero-order chi connectivity index (χ0) is 17.1. The lowest BCUT2D eigenvalue weighted by Gasteiger charge is -2.11. The molecule has 0 aliphatic rings. The molecule has 3 N–H and O–H groups in total. The first kappa shape index (κ1) is 15.7. The molecule has 7 nitrogen and oxygen atoms in total. The number of imidazole rings is 1. The number of ether oxygens (including phenoxy) is 2. The minimum Gasteiger partial charge on any atom is -0.493 e. The summed E-state index contributed by atoms with van der Waals surface area (Å²) in [5.41, 5.74) is 2.05. The largest absolute Gasteiger partial charge is 0.493 e. The first-order valence-corrected chi connectivity index (χ1v) is 7.45. The Morgan fingerprint density at radius 1 is 1.08 bits per heavy atom. The highest BCUT2D eigenvalue weighted by atomic mass is 16.5. The number of anilines is 1. The van der Waals surface area contributed by atoms with Gasteiger partial charge >= 0.3 is 5.69 Å². The lowest BCUT2D eigenvalue weighted by atomic mass is 10.1. The number of carbonyl (C=O) groups is 1. The van der Waals surface area contributed by atoms with Crippen molar-refractivity contribution in [3.05, 3.63) is 52.4 Å². The molecule has 1 amide bonds. The maximum atomic E-state index is 12.4. The van der Waals surface area contributed by atoms with Crippen LogP contribution < -0.4 is 20.5 Å². The van der Waals surface area contributed by atoms with Gasteiger partial charge in [-0.15, -0.1) is 0 Å². The topological polar surface area (TPSA) is 96.2 Å². The number of nitrogens with one attached hydrogen (secondary N) is 3. The Balaban J connectivity index is 1.85. The van der Waals surface area contributed by atoms with Gasteiger partial charge in [0, 0.05) is 11.3 Å². The molecule has 24 heavy (non-hydrogen) atoms. The molecule has 0 radical (unpaired) electrons. The average Bonchev–Trinajstić information content (AvgIpc) is 2.94. The molecular weight excluding hydrogens is 310 g/mol. The van der Waals surface area contributed by atoms with Crippen molar-refractivity contribution in [2.24, 2.45) is 0 Å². The second kappa shape index (κ2) is 6.49. The average molecular weight is 327 g/mol. The fourth-order valence-electron chi connectivity index (χ4n) is 2.40. The van der Waals surface area contributed by atoms with E-state index in [1.54, 1.807) is 43.5 Å². The van der Waals surface area contributed by atoms with E-state index in [-0.39, 0.29) is 11.6 Å². The minimum atomic E-state index is -0.287. The van der Waals surface area contributed by atoms with E-state index in [0.717, 1.165) is 0 Å². The monoisotopic (exact) mass is 327 g/mol. The van der Waals surface area contributed by atoms with Crippen LogP contribution in [0.1, 0.15) is 17.3 Å². The predicted molar refractivity (Wildman–Crippen MR) is 91.0 cm³/mol. The maximum Gasteiger partial charge on any atom is 0.323 e. The molecule has 0 bridgehead atoms. The smallest absolute Gasteiger partial charge is 0.323 e. The van der Waals surface area contributed by atoms with E-state index in [1.807, 2.05) is 6.92 Å². The van der Waals surface area contributed by atoms with Crippen LogP contribution in [-0.2, 0) is 0 Å². The van der Waals surface area contributed by atoms with Crippen molar-refractivity contribution >= 4 is 22.6 Å². The van der Waals surface area contributed by atoms with Crippen LogP contribution in [0.3, 0.4) is 0 Å². The Morgan fingerprint density at radius 3 is 2.62 bits per heavy atom. The number of rotatable bonds is 5. The summed E-state index contributed by atoms with van der Waals surface area (Å²) in [7, 11) is 1.55. The highest BCUT2D eigenvalue weighted by Crippen LogP contribution is 2.28. The molecule has 0 saturated heterocycles. The van der Waals surface area contributed by atoms with Crippen LogP contribution in [0.15, 0.2) is 41.2 Å². The van der Waals surface area contributed by atoms with Crippen molar-refractivity contribution in [2.45, 2.75) is 6.92 Å². The number of H-pyrrole nitrogens is 2. The highest BCUT2D eigenvalue weighted by molar-refractivity contribution is 6.05. The van der Waals surface area contributed by atoms with Gasteiger partial charge in [-0.25, -0.2) is 4.79 Å². The van der Waals surface area contributed by atoms with E-state index >= 15 is 0 Å². The Labute approximate surface area is 137 Å². The van der Waals surface area contributed by atoms with Gasteiger partial charge in [-0.05, 0) is 43.3 Å². The molecule has 0 spiro atoms. The van der Waals surface area contributed by atoms with Gasteiger partial charge in [-0.2, -0.15) is 0 Å². The van der Waals surface area contributed by atoms with E-state index in [1.165, 1.54) is 0 Å². The first-order valence-electron chi connectivity index (χ1n) is 7.45. The number of benzene rings is 2. The van der Waals surface area contributed by atoms with Gasteiger partial charge in [0.1, 0.15) is 0 Å². The highest BCUT2D eigenvalue weighted by Gasteiger charge is 2.12. The molecule has 3 rings (SSSR count). The Hall–Kier alpha value is -3.22. The zero-order valence-corrected chi connectivity index (χ0v) is 13.3. The third kappa shape index (κ3) is 3.10. The quantitative estimate of drug-likeness (QED) is 0.671. The summed E-state index contributed by atoms with van der Waals surface area (Å²) < 4.78 is 10.7. The first-order chi connectivity index (χ1) is 11.6. The van der Waals surface area contributed by atoms with E-state index < -0.39 is 0 Å². The van der Waals surface area contributed by atoms with Gasteiger partial charge in [-0.3, -0.25) is 4.79 Å². The fraction of sp³-hybridized carbons (Fsp3) is 0.176. The van der Waals surface area contributed by atoms with Crippen LogP contribution in [0.25, 0.3) is 11.0 Å². The van der Waals surface area contributed by atoms with E-state index in [0.29, 0.717) is 40.4 Å². The SMILES string of the molecule is CCOc1cc(C(=O)Nc2ccc3[nH]c(=O)[nH]c3c2)ccc1OC. The molecule has 124 valence electrons. The number of carbonyl (C=O) groups excluding carboxylic acids is 1. The zero-order valence-electron chi connectivity index (χ0n) is 13.3. The molecule has 0 unspecified atom stereocenters. The van der Waals surface area contributed by atoms with E-state index in [4.69, 9.17) is 9.47 Å². The molecule has 0 aliphatic carbocycles. The summed E-state index contributed by atoms with van der Waals surface area (Å²) in [6.45, 7) is 2.33. The van der Waals surface area contributed by atoms with Crippen LogP contribution in [0.5, 0.6) is 11.5 Å². The Morgan fingerprint density at radius 2 is 1.88 bits per heavy atom. The number of fused-ring (bicyclic) bond motifs is 1. The van der Waals surface area contributed by atoms with Crippen molar-refractivity contribution in [2.75, 3.05) is 19.0 Å². The van der Waals surface area contributed by atoms with E-state index in [2.05, 4.69) is 15.3 Å². The summed E-state index contributed by atoms with van der Waals surface area (Å²) in [5, 5.41) is 2.80. The maximum absolute atomic E-state index is 12.4. The minimum absolute atomic E-state index is 0.282. The van der Waals surface area contributed by atoms with Crippen molar-refractivity contribution in [1.29, 1.82) is 0 Å². The van der Waals surface area contributed by atoms with Crippen LogP contribution in [-0.4, -0.2) is 29.6 Å². The second-order valence-corrected chi connectivity index (χ2v) is 5.09. The molecule has 3 aromatic rings. The third-order valence-electron chi connectivity index (χ3n) is 3.50. The summed E-state index contributed by atoms with van der Waals surface area (Å²) in [6.07, 6.45) is 0. The summed E-state index contributed by atoms with van der Waals surface area (Å²) >= 11 is 0. The molecular formula is C17H17N3O4. The van der Waals surface area contributed by atoms with E-state index in [9.17, 15) is 9.59 Å². The van der Waals surface area contributed by atoms with Gasteiger partial charge in [-0.1, -0.05) is 0 Å². The van der Waals surface area contributed by atoms with Gasteiger partial charge in [0.2, 0.25) is 0 Å². The summed E-state index contributed by atoms with van der Waals surface area (Å²) in [4.78, 5) is 29.0. The lowest BCUT2D eigenvalue weighted by molar-refractivity contribution is 0.102. The normalized spacial score (nSPS) is 10.6. The molecule has 0 saturated carbocycles. The molecule has 0 aliphatic heterocycles. The molecule has 7 heteroatoms. The lowest BCUT2D eigenvalue weighted by Crippen LogP contribution is -2.12. The molecule has 0 fully saturated rings.